The first kappa shape index (κ1) is 9.83. The van der Waals surface area contributed by atoms with Gasteiger partial charge in [0.15, 0.2) is 0 Å². The molecule has 0 aromatic carbocycles. The molecular formula is C9H13ClN4. The molecule has 0 aliphatic carbocycles. The van der Waals surface area contributed by atoms with Gasteiger partial charge in [-0.2, -0.15) is 0 Å². The standard InChI is InChI=1S/C9H13ClN4/c10-9-12-5-8(6-13-9)7-14-3-1-11-2-4-14/h5-6,11H,1-4,7H2. The van der Waals surface area contributed by atoms with Crippen molar-refractivity contribution in [3.63, 3.8) is 0 Å². The van der Waals surface area contributed by atoms with Gasteiger partial charge in [-0.05, 0) is 11.6 Å². The fraction of sp³-hybridized carbons (Fsp3) is 0.556. The van der Waals surface area contributed by atoms with Crippen LogP contribution in [-0.2, 0) is 6.54 Å². The van der Waals surface area contributed by atoms with Crippen LogP contribution in [0.4, 0.5) is 0 Å². The summed E-state index contributed by atoms with van der Waals surface area (Å²) in [5, 5.41) is 3.63. The Balaban J connectivity index is 1.92. The zero-order valence-corrected chi connectivity index (χ0v) is 8.67. The summed E-state index contributed by atoms with van der Waals surface area (Å²) in [6.45, 7) is 5.22. The highest BCUT2D eigenvalue weighted by Gasteiger charge is 2.09. The Morgan fingerprint density at radius 3 is 2.57 bits per heavy atom. The van der Waals surface area contributed by atoms with E-state index in [4.69, 9.17) is 11.6 Å². The Morgan fingerprint density at radius 2 is 1.93 bits per heavy atom. The molecule has 5 heteroatoms. The molecule has 0 atom stereocenters. The van der Waals surface area contributed by atoms with Gasteiger partial charge in [-0.1, -0.05) is 0 Å². The topological polar surface area (TPSA) is 41.1 Å². The predicted octanol–water partition coefficient (Wildman–Crippen LogP) is 0.535. The number of piperazine rings is 1. The van der Waals surface area contributed by atoms with E-state index in [0.29, 0.717) is 5.28 Å². The number of nitrogens with zero attached hydrogens (tertiary/aromatic N) is 3. The highest BCUT2D eigenvalue weighted by molar-refractivity contribution is 6.28. The number of aromatic nitrogens is 2. The van der Waals surface area contributed by atoms with Crippen LogP contribution in [0.3, 0.4) is 0 Å². The van der Waals surface area contributed by atoms with E-state index in [-0.39, 0.29) is 0 Å². The van der Waals surface area contributed by atoms with Crippen LogP contribution >= 0.6 is 11.6 Å². The van der Waals surface area contributed by atoms with E-state index in [9.17, 15) is 0 Å². The van der Waals surface area contributed by atoms with Crippen molar-refractivity contribution in [2.75, 3.05) is 26.2 Å². The van der Waals surface area contributed by atoms with E-state index in [1.807, 2.05) is 0 Å². The van der Waals surface area contributed by atoms with E-state index >= 15 is 0 Å². The van der Waals surface area contributed by atoms with E-state index < -0.39 is 0 Å². The van der Waals surface area contributed by atoms with Crippen LogP contribution in [0.2, 0.25) is 5.28 Å². The zero-order valence-electron chi connectivity index (χ0n) is 7.91. The second kappa shape index (κ2) is 4.68. The van der Waals surface area contributed by atoms with E-state index in [1.54, 1.807) is 12.4 Å². The van der Waals surface area contributed by atoms with Gasteiger partial charge in [0.2, 0.25) is 5.28 Å². The summed E-state index contributed by atoms with van der Waals surface area (Å²) in [5.41, 5.74) is 1.12. The monoisotopic (exact) mass is 212 g/mol. The fourth-order valence-corrected chi connectivity index (χ4v) is 1.65. The molecule has 1 N–H and O–H groups in total. The van der Waals surface area contributed by atoms with Gasteiger partial charge in [0.25, 0.3) is 0 Å². The third kappa shape index (κ3) is 2.64. The quantitative estimate of drug-likeness (QED) is 0.727. The molecule has 1 aromatic heterocycles. The van der Waals surface area contributed by atoms with Gasteiger partial charge in [-0.25, -0.2) is 9.97 Å². The zero-order chi connectivity index (χ0) is 9.80. The lowest BCUT2D eigenvalue weighted by molar-refractivity contribution is 0.233. The Kier molecular flexibility index (Phi) is 3.29. The molecule has 4 nitrogen and oxygen atoms in total. The molecule has 2 heterocycles. The second-order valence-corrected chi connectivity index (χ2v) is 3.72. The van der Waals surface area contributed by atoms with Gasteiger partial charge in [-0.3, -0.25) is 4.90 Å². The lowest BCUT2D eigenvalue weighted by Gasteiger charge is -2.26. The molecule has 1 aliphatic heterocycles. The Morgan fingerprint density at radius 1 is 1.29 bits per heavy atom. The van der Waals surface area contributed by atoms with Crippen molar-refractivity contribution in [2.45, 2.75) is 6.54 Å². The summed E-state index contributed by atoms with van der Waals surface area (Å²) >= 11 is 5.61. The van der Waals surface area contributed by atoms with Gasteiger partial charge in [0.1, 0.15) is 0 Å². The lowest BCUT2D eigenvalue weighted by Crippen LogP contribution is -2.42. The van der Waals surface area contributed by atoms with Crippen LogP contribution in [0.1, 0.15) is 5.56 Å². The lowest BCUT2D eigenvalue weighted by atomic mass is 10.3. The maximum atomic E-state index is 5.61. The van der Waals surface area contributed by atoms with Crippen molar-refractivity contribution in [1.82, 2.24) is 20.2 Å². The first-order valence-corrected chi connectivity index (χ1v) is 5.12. The van der Waals surface area contributed by atoms with E-state index in [2.05, 4.69) is 20.2 Å². The highest BCUT2D eigenvalue weighted by atomic mass is 35.5. The first-order chi connectivity index (χ1) is 6.84. The molecule has 2 rings (SSSR count). The van der Waals surface area contributed by atoms with Gasteiger partial charge in [0, 0.05) is 50.7 Å². The van der Waals surface area contributed by atoms with Crippen LogP contribution in [-0.4, -0.2) is 41.0 Å². The summed E-state index contributed by atoms with van der Waals surface area (Å²) in [6.07, 6.45) is 3.58. The molecule has 0 amide bonds. The molecule has 14 heavy (non-hydrogen) atoms. The summed E-state index contributed by atoms with van der Waals surface area (Å²) in [7, 11) is 0. The van der Waals surface area contributed by atoms with Crippen molar-refractivity contribution >= 4 is 11.6 Å². The van der Waals surface area contributed by atoms with Gasteiger partial charge in [0.05, 0.1) is 0 Å². The third-order valence-electron chi connectivity index (χ3n) is 2.29. The fourth-order valence-electron chi connectivity index (χ4n) is 1.55. The van der Waals surface area contributed by atoms with Crippen molar-refractivity contribution in [3.05, 3.63) is 23.2 Å². The SMILES string of the molecule is Clc1ncc(CN2CCNCC2)cn1. The molecule has 1 aromatic rings. The largest absolute Gasteiger partial charge is 0.314 e. The van der Waals surface area contributed by atoms with Gasteiger partial charge >= 0.3 is 0 Å². The predicted molar refractivity (Wildman–Crippen MR) is 55.2 cm³/mol. The summed E-state index contributed by atoms with van der Waals surface area (Å²) < 4.78 is 0. The van der Waals surface area contributed by atoms with E-state index in [1.165, 1.54) is 0 Å². The summed E-state index contributed by atoms with van der Waals surface area (Å²) in [4.78, 5) is 10.3. The molecule has 1 aliphatic rings. The van der Waals surface area contributed by atoms with Crippen LogP contribution in [0.5, 0.6) is 0 Å². The molecule has 1 fully saturated rings. The maximum absolute atomic E-state index is 5.61. The molecule has 0 spiro atoms. The van der Waals surface area contributed by atoms with E-state index in [0.717, 1.165) is 38.3 Å². The average molecular weight is 213 g/mol. The minimum absolute atomic E-state index is 0.314. The molecule has 0 unspecified atom stereocenters. The minimum Gasteiger partial charge on any atom is -0.314 e. The van der Waals surface area contributed by atoms with Gasteiger partial charge in [-0.15, -0.1) is 0 Å². The maximum Gasteiger partial charge on any atom is 0.222 e. The normalized spacial score (nSPS) is 18.4. The molecule has 0 saturated carbocycles. The minimum atomic E-state index is 0.314. The van der Waals surface area contributed by atoms with Crippen LogP contribution in [0, 0.1) is 0 Å². The van der Waals surface area contributed by atoms with Crippen molar-refractivity contribution < 1.29 is 0 Å². The molecule has 0 bridgehead atoms. The van der Waals surface area contributed by atoms with Crippen LogP contribution in [0.15, 0.2) is 12.4 Å². The Hall–Kier alpha value is -0.710. The Bertz CT molecular complexity index is 281. The van der Waals surface area contributed by atoms with Crippen molar-refractivity contribution in [2.24, 2.45) is 0 Å². The number of halogens is 1. The number of rotatable bonds is 2. The Labute approximate surface area is 88.3 Å². The molecule has 1 saturated heterocycles. The average Bonchev–Trinajstić information content (AvgIpc) is 2.23. The summed E-state index contributed by atoms with van der Waals surface area (Å²) in [5.74, 6) is 0. The van der Waals surface area contributed by atoms with Gasteiger partial charge < -0.3 is 5.32 Å². The van der Waals surface area contributed by atoms with Crippen molar-refractivity contribution in [3.8, 4) is 0 Å². The highest BCUT2D eigenvalue weighted by Crippen LogP contribution is 2.05. The number of hydrogen-bond acceptors (Lipinski definition) is 4. The van der Waals surface area contributed by atoms with Crippen molar-refractivity contribution in [1.29, 1.82) is 0 Å². The number of nitrogens with one attached hydrogen (secondary N) is 1. The molecular weight excluding hydrogens is 200 g/mol. The molecule has 76 valence electrons. The second-order valence-electron chi connectivity index (χ2n) is 3.39. The third-order valence-corrected chi connectivity index (χ3v) is 2.48. The smallest absolute Gasteiger partial charge is 0.222 e. The molecule has 0 radical (unpaired) electrons. The van der Waals surface area contributed by atoms with Crippen LogP contribution in [0.25, 0.3) is 0 Å². The van der Waals surface area contributed by atoms with Crippen LogP contribution < -0.4 is 5.32 Å². The summed E-state index contributed by atoms with van der Waals surface area (Å²) in [6, 6.07) is 0. The number of hydrogen-bond donors (Lipinski definition) is 1. The first-order valence-electron chi connectivity index (χ1n) is 4.74.